The Morgan fingerprint density at radius 2 is 1.75 bits per heavy atom. The Balaban J connectivity index is 1.59. The molecule has 0 bridgehead atoms. The minimum Gasteiger partial charge on any atom is -0.350 e. The van der Waals surface area contributed by atoms with Crippen molar-refractivity contribution in [1.29, 1.82) is 0 Å². The third-order valence-electron chi connectivity index (χ3n) is 5.05. The van der Waals surface area contributed by atoms with E-state index in [-0.39, 0.29) is 5.91 Å². The maximum atomic E-state index is 12.9. The third-order valence-corrected chi connectivity index (χ3v) is 5.05. The predicted molar refractivity (Wildman–Crippen MR) is 110 cm³/mol. The van der Waals surface area contributed by atoms with Gasteiger partial charge in [0, 0.05) is 12.1 Å². The maximum absolute atomic E-state index is 12.9. The van der Waals surface area contributed by atoms with Gasteiger partial charge in [0.1, 0.15) is 5.69 Å². The zero-order chi connectivity index (χ0) is 19.2. The van der Waals surface area contributed by atoms with Crippen LogP contribution in [0, 0.1) is 0 Å². The van der Waals surface area contributed by atoms with Gasteiger partial charge >= 0.3 is 0 Å². The molecular formula is C23H24N4O. The molecule has 0 radical (unpaired) electrons. The standard InChI is InChI=1S/C23H24N4O/c28-23(24-17-16-18-10-4-1-5-11-18)21-22(19-12-6-2-7-13-19)27(26-25-21)20-14-8-3-9-15-20/h2-3,6-10,12-15H,1,4-5,11,16-17H2,(H,24,28). The van der Waals surface area contributed by atoms with Crippen LogP contribution in [0.3, 0.4) is 0 Å². The molecule has 28 heavy (non-hydrogen) atoms. The molecule has 0 fully saturated rings. The number of aromatic nitrogens is 3. The highest BCUT2D eigenvalue weighted by molar-refractivity contribution is 5.98. The molecule has 0 aliphatic heterocycles. The lowest BCUT2D eigenvalue weighted by atomic mass is 9.97. The first-order valence-corrected chi connectivity index (χ1v) is 9.85. The van der Waals surface area contributed by atoms with Crippen LogP contribution in [0.5, 0.6) is 0 Å². The minimum atomic E-state index is -0.183. The van der Waals surface area contributed by atoms with Gasteiger partial charge in [0.05, 0.1) is 5.69 Å². The molecule has 1 aromatic heterocycles. The van der Waals surface area contributed by atoms with Crippen LogP contribution in [-0.2, 0) is 0 Å². The number of rotatable bonds is 6. The SMILES string of the molecule is O=C(NCCC1=CCCCC1)c1nnn(-c2ccccc2)c1-c1ccccc1. The van der Waals surface area contributed by atoms with Gasteiger partial charge in [-0.15, -0.1) is 5.10 Å². The largest absolute Gasteiger partial charge is 0.350 e. The van der Waals surface area contributed by atoms with Crippen molar-refractivity contribution in [1.82, 2.24) is 20.3 Å². The molecule has 0 saturated carbocycles. The number of allylic oxidation sites excluding steroid dienone is 1. The molecule has 1 heterocycles. The maximum Gasteiger partial charge on any atom is 0.274 e. The average molecular weight is 372 g/mol. The fourth-order valence-electron chi connectivity index (χ4n) is 3.59. The monoisotopic (exact) mass is 372 g/mol. The third kappa shape index (κ3) is 4.03. The van der Waals surface area contributed by atoms with Crippen LogP contribution in [0.1, 0.15) is 42.6 Å². The van der Waals surface area contributed by atoms with E-state index < -0.39 is 0 Å². The Labute approximate surface area is 165 Å². The van der Waals surface area contributed by atoms with E-state index in [1.54, 1.807) is 4.68 Å². The molecule has 5 nitrogen and oxygen atoms in total. The first-order valence-electron chi connectivity index (χ1n) is 9.85. The van der Waals surface area contributed by atoms with Crippen LogP contribution in [0.15, 0.2) is 72.3 Å². The van der Waals surface area contributed by atoms with Crippen molar-refractivity contribution in [3.63, 3.8) is 0 Å². The summed E-state index contributed by atoms with van der Waals surface area (Å²) in [6, 6.07) is 19.6. The van der Waals surface area contributed by atoms with E-state index in [1.165, 1.54) is 18.4 Å². The Morgan fingerprint density at radius 3 is 2.46 bits per heavy atom. The predicted octanol–water partition coefficient (Wildman–Crippen LogP) is 4.55. The van der Waals surface area contributed by atoms with Gasteiger partial charge in [-0.3, -0.25) is 4.79 Å². The molecule has 0 saturated heterocycles. The summed E-state index contributed by atoms with van der Waals surface area (Å²) >= 11 is 0. The molecule has 0 atom stereocenters. The minimum absolute atomic E-state index is 0.183. The summed E-state index contributed by atoms with van der Waals surface area (Å²) in [5.74, 6) is -0.183. The topological polar surface area (TPSA) is 59.8 Å². The molecule has 0 spiro atoms. The quantitative estimate of drug-likeness (QED) is 0.646. The summed E-state index contributed by atoms with van der Waals surface area (Å²) in [5, 5.41) is 11.5. The highest BCUT2D eigenvalue weighted by Crippen LogP contribution is 2.25. The van der Waals surface area contributed by atoms with Gasteiger partial charge in [-0.2, -0.15) is 0 Å². The molecule has 1 aliphatic rings. The molecule has 1 aliphatic carbocycles. The molecule has 2 aromatic carbocycles. The van der Waals surface area contributed by atoms with Gasteiger partial charge < -0.3 is 5.32 Å². The van der Waals surface area contributed by atoms with Crippen molar-refractivity contribution in [3.05, 3.63) is 78.0 Å². The van der Waals surface area contributed by atoms with E-state index in [0.29, 0.717) is 17.9 Å². The second kappa shape index (κ2) is 8.65. The lowest BCUT2D eigenvalue weighted by molar-refractivity contribution is 0.0949. The average Bonchev–Trinajstić information content (AvgIpc) is 3.21. The molecule has 1 amide bonds. The van der Waals surface area contributed by atoms with Gasteiger partial charge in [0.25, 0.3) is 5.91 Å². The van der Waals surface area contributed by atoms with Crippen LogP contribution in [0.25, 0.3) is 16.9 Å². The Morgan fingerprint density at radius 1 is 1.00 bits per heavy atom. The molecule has 0 unspecified atom stereocenters. The summed E-state index contributed by atoms with van der Waals surface area (Å²) in [5.41, 5.74) is 4.30. The molecule has 142 valence electrons. The van der Waals surface area contributed by atoms with E-state index in [2.05, 4.69) is 21.7 Å². The zero-order valence-electron chi connectivity index (χ0n) is 15.8. The van der Waals surface area contributed by atoms with Gasteiger partial charge in [-0.25, -0.2) is 4.68 Å². The van der Waals surface area contributed by atoms with Crippen LogP contribution in [0.4, 0.5) is 0 Å². The second-order valence-corrected chi connectivity index (χ2v) is 7.01. The number of benzene rings is 2. The van der Waals surface area contributed by atoms with Gasteiger partial charge in [0.2, 0.25) is 0 Å². The summed E-state index contributed by atoms with van der Waals surface area (Å²) in [6.45, 7) is 0.622. The van der Waals surface area contributed by atoms with Crippen molar-refractivity contribution >= 4 is 5.91 Å². The number of nitrogens with one attached hydrogen (secondary N) is 1. The smallest absolute Gasteiger partial charge is 0.274 e. The number of carbonyl (C=O) groups is 1. The number of carbonyl (C=O) groups excluding carboxylic acids is 1. The lowest BCUT2D eigenvalue weighted by Crippen LogP contribution is -2.26. The Bertz CT molecular complexity index is 961. The van der Waals surface area contributed by atoms with Crippen LogP contribution >= 0.6 is 0 Å². The zero-order valence-corrected chi connectivity index (χ0v) is 15.8. The molecule has 3 aromatic rings. The number of nitrogens with zero attached hydrogens (tertiary/aromatic N) is 3. The van der Waals surface area contributed by atoms with Gasteiger partial charge in [-0.1, -0.05) is 65.4 Å². The van der Waals surface area contributed by atoms with E-state index in [4.69, 9.17) is 0 Å². The van der Waals surface area contributed by atoms with E-state index in [0.717, 1.165) is 30.5 Å². The highest BCUT2D eigenvalue weighted by atomic mass is 16.2. The normalized spacial score (nSPS) is 13.8. The number of hydrogen-bond acceptors (Lipinski definition) is 3. The summed E-state index contributed by atoms with van der Waals surface area (Å²) < 4.78 is 1.73. The molecule has 5 heteroatoms. The van der Waals surface area contributed by atoms with Crippen molar-refractivity contribution in [2.24, 2.45) is 0 Å². The van der Waals surface area contributed by atoms with Crippen molar-refractivity contribution in [2.75, 3.05) is 6.54 Å². The van der Waals surface area contributed by atoms with Gasteiger partial charge in [0.15, 0.2) is 5.69 Å². The fourth-order valence-corrected chi connectivity index (χ4v) is 3.59. The summed E-state index contributed by atoms with van der Waals surface area (Å²) in [7, 11) is 0. The Kier molecular flexibility index (Phi) is 5.61. The first-order chi connectivity index (χ1) is 13.8. The number of hydrogen-bond donors (Lipinski definition) is 1. The van der Waals surface area contributed by atoms with E-state index in [9.17, 15) is 4.79 Å². The summed E-state index contributed by atoms with van der Waals surface area (Å²) in [4.78, 5) is 12.9. The van der Waals surface area contributed by atoms with Crippen LogP contribution in [-0.4, -0.2) is 27.4 Å². The summed E-state index contributed by atoms with van der Waals surface area (Å²) in [6.07, 6.45) is 8.06. The number of para-hydroxylation sites is 1. The Hall–Kier alpha value is -3.21. The van der Waals surface area contributed by atoms with Crippen LogP contribution < -0.4 is 5.32 Å². The number of amides is 1. The lowest BCUT2D eigenvalue weighted by Gasteiger charge is -2.13. The molecule has 4 rings (SSSR count). The van der Waals surface area contributed by atoms with Crippen molar-refractivity contribution in [3.8, 4) is 16.9 Å². The van der Waals surface area contributed by atoms with Crippen molar-refractivity contribution in [2.45, 2.75) is 32.1 Å². The van der Waals surface area contributed by atoms with Crippen molar-refractivity contribution < 1.29 is 4.79 Å². The van der Waals surface area contributed by atoms with Gasteiger partial charge in [-0.05, 0) is 44.2 Å². The van der Waals surface area contributed by atoms with E-state index in [1.807, 2.05) is 60.7 Å². The van der Waals surface area contributed by atoms with Crippen LogP contribution in [0.2, 0.25) is 0 Å². The molecule has 1 N–H and O–H groups in total. The first kappa shape index (κ1) is 18.2. The second-order valence-electron chi connectivity index (χ2n) is 7.01. The fraction of sp³-hybridized carbons (Fsp3) is 0.261. The highest BCUT2D eigenvalue weighted by Gasteiger charge is 2.21. The molecular weight excluding hydrogens is 348 g/mol. The van der Waals surface area contributed by atoms with E-state index >= 15 is 0 Å².